The highest BCUT2D eigenvalue weighted by atomic mass is 16.6. The van der Waals surface area contributed by atoms with Gasteiger partial charge in [0.25, 0.3) is 5.91 Å². The Hall–Kier alpha value is -2.77. The summed E-state index contributed by atoms with van der Waals surface area (Å²) >= 11 is 0. The van der Waals surface area contributed by atoms with Gasteiger partial charge in [-0.05, 0) is 37.8 Å². The van der Waals surface area contributed by atoms with Gasteiger partial charge in [0, 0.05) is 18.8 Å². The van der Waals surface area contributed by atoms with Crippen LogP contribution in [0.1, 0.15) is 33.6 Å². The Morgan fingerprint density at radius 2 is 1.77 bits per heavy atom. The zero-order valence-electron chi connectivity index (χ0n) is 18.0. The second kappa shape index (κ2) is 9.36. The van der Waals surface area contributed by atoms with Crippen molar-refractivity contribution < 1.29 is 23.9 Å². The van der Waals surface area contributed by atoms with E-state index in [0.717, 1.165) is 5.69 Å². The first-order chi connectivity index (χ1) is 14.4. The highest BCUT2D eigenvalue weighted by Gasteiger charge is 2.54. The van der Waals surface area contributed by atoms with Crippen LogP contribution in [-0.2, 0) is 19.1 Å². The van der Waals surface area contributed by atoms with Crippen LogP contribution < -0.4 is 4.90 Å². The fraction of sp³-hybridized carbons (Fsp3) is 0.591. The lowest BCUT2D eigenvalue weighted by Gasteiger charge is -2.43. The van der Waals surface area contributed by atoms with E-state index >= 15 is 0 Å². The minimum Gasteiger partial charge on any atom is -0.465 e. The number of rotatable bonds is 6. The summed E-state index contributed by atoms with van der Waals surface area (Å²) in [5.74, 6) is -0.230. The molecule has 0 aliphatic carbocycles. The van der Waals surface area contributed by atoms with Crippen LogP contribution in [0.3, 0.4) is 0 Å². The Kier molecular flexibility index (Phi) is 6.84. The second-order valence-electron chi connectivity index (χ2n) is 8.20. The molecule has 0 bridgehead atoms. The lowest BCUT2D eigenvalue weighted by Crippen LogP contribution is -2.57. The van der Waals surface area contributed by atoms with E-state index < -0.39 is 11.5 Å². The number of esters is 1. The van der Waals surface area contributed by atoms with Crippen molar-refractivity contribution in [2.45, 2.75) is 39.2 Å². The van der Waals surface area contributed by atoms with Crippen molar-refractivity contribution >= 4 is 23.7 Å². The van der Waals surface area contributed by atoms with Crippen LogP contribution in [0.25, 0.3) is 0 Å². The molecule has 2 amide bonds. The summed E-state index contributed by atoms with van der Waals surface area (Å²) in [4.78, 5) is 43.1. The number of benzene rings is 1. The Morgan fingerprint density at radius 3 is 2.37 bits per heavy atom. The zero-order chi connectivity index (χ0) is 21.7. The molecule has 1 spiro atoms. The van der Waals surface area contributed by atoms with Gasteiger partial charge in [-0.2, -0.15) is 0 Å². The predicted molar refractivity (Wildman–Crippen MR) is 112 cm³/mol. The molecule has 2 fully saturated rings. The van der Waals surface area contributed by atoms with Crippen molar-refractivity contribution in [3.63, 3.8) is 0 Å². The van der Waals surface area contributed by atoms with Gasteiger partial charge in [0.2, 0.25) is 0 Å². The van der Waals surface area contributed by atoms with E-state index in [1.54, 1.807) is 16.7 Å². The summed E-state index contributed by atoms with van der Waals surface area (Å²) in [6, 6.07) is 9.72. The Bertz CT molecular complexity index is 759. The molecule has 30 heavy (non-hydrogen) atoms. The lowest BCUT2D eigenvalue weighted by molar-refractivity contribution is -0.148. The first-order valence-corrected chi connectivity index (χ1v) is 10.6. The number of para-hydroxylation sites is 1. The van der Waals surface area contributed by atoms with Gasteiger partial charge in [-0.1, -0.05) is 32.0 Å². The molecule has 2 aliphatic rings. The minimum absolute atomic E-state index is 0.0715. The van der Waals surface area contributed by atoms with Gasteiger partial charge in [-0.15, -0.1) is 0 Å². The van der Waals surface area contributed by atoms with Crippen LogP contribution >= 0.6 is 0 Å². The number of nitrogens with zero attached hydrogens (tertiary/aromatic N) is 3. The summed E-state index contributed by atoms with van der Waals surface area (Å²) in [5, 5.41) is 0. The quantitative estimate of drug-likeness (QED) is 0.662. The number of anilines is 1. The number of carbonyl (C=O) groups is 3. The molecule has 164 valence electrons. The molecular formula is C22H31N3O5. The smallest absolute Gasteiger partial charge is 0.409 e. The van der Waals surface area contributed by atoms with Crippen LogP contribution in [0.15, 0.2) is 30.3 Å². The lowest BCUT2D eigenvalue weighted by atomic mass is 9.85. The van der Waals surface area contributed by atoms with Crippen molar-refractivity contribution in [1.29, 1.82) is 0 Å². The normalized spacial score (nSPS) is 18.3. The van der Waals surface area contributed by atoms with Crippen molar-refractivity contribution in [2.75, 3.05) is 44.4 Å². The number of hydrogen-bond donors (Lipinski definition) is 0. The van der Waals surface area contributed by atoms with Crippen molar-refractivity contribution in [1.82, 2.24) is 9.80 Å². The molecule has 1 aromatic carbocycles. The summed E-state index contributed by atoms with van der Waals surface area (Å²) in [6.45, 7) is 7.49. The largest absolute Gasteiger partial charge is 0.465 e. The highest BCUT2D eigenvalue weighted by Crippen LogP contribution is 2.39. The molecule has 0 unspecified atom stereocenters. The van der Waals surface area contributed by atoms with Gasteiger partial charge in [-0.25, -0.2) is 4.79 Å². The Balaban J connectivity index is 1.77. The Labute approximate surface area is 177 Å². The average Bonchev–Trinajstić information content (AvgIpc) is 2.99. The van der Waals surface area contributed by atoms with Crippen molar-refractivity contribution in [3.8, 4) is 0 Å². The minimum atomic E-state index is -0.775. The molecule has 1 aromatic rings. The molecule has 0 N–H and O–H groups in total. The number of likely N-dealkylation sites (tertiary alicyclic amines) is 1. The maximum atomic E-state index is 13.4. The van der Waals surface area contributed by atoms with E-state index in [1.165, 1.54) is 0 Å². The molecule has 8 nitrogen and oxygen atoms in total. The fourth-order valence-electron chi connectivity index (χ4n) is 4.07. The maximum absolute atomic E-state index is 13.4. The number of carbonyl (C=O) groups excluding carboxylic acids is 3. The van der Waals surface area contributed by atoms with Crippen LogP contribution in [0.4, 0.5) is 10.5 Å². The van der Waals surface area contributed by atoms with Crippen molar-refractivity contribution in [2.24, 2.45) is 5.92 Å². The molecule has 0 aromatic heterocycles. The van der Waals surface area contributed by atoms with Crippen molar-refractivity contribution in [3.05, 3.63) is 30.3 Å². The molecule has 0 saturated carbocycles. The molecule has 2 heterocycles. The molecular weight excluding hydrogens is 386 g/mol. The summed E-state index contributed by atoms with van der Waals surface area (Å²) in [5.41, 5.74) is 0.149. The standard InChI is InChI=1S/C22H31N3O5/c1-4-29-19(26)14-24-16-25(18-8-6-5-7-9-18)22(20(24)27)10-12-23(13-11-22)21(28)30-15-17(2)3/h5-9,17H,4,10-16H2,1-3H3. The third kappa shape index (κ3) is 4.52. The Morgan fingerprint density at radius 1 is 1.10 bits per heavy atom. The zero-order valence-corrected chi connectivity index (χ0v) is 18.0. The third-order valence-electron chi connectivity index (χ3n) is 5.60. The number of amides is 2. The van der Waals surface area contributed by atoms with E-state index in [1.807, 2.05) is 44.2 Å². The molecule has 3 rings (SSSR count). The molecule has 2 aliphatic heterocycles. The van der Waals surface area contributed by atoms with Gasteiger partial charge in [0.05, 0.1) is 19.9 Å². The molecule has 2 saturated heterocycles. The summed E-state index contributed by atoms with van der Waals surface area (Å²) < 4.78 is 10.4. The topological polar surface area (TPSA) is 79.4 Å². The van der Waals surface area contributed by atoms with Crippen LogP contribution in [0.2, 0.25) is 0 Å². The second-order valence-corrected chi connectivity index (χ2v) is 8.20. The number of ether oxygens (including phenoxy) is 2. The van der Waals surface area contributed by atoms with E-state index in [0.29, 0.717) is 39.2 Å². The van der Waals surface area contributed by atoms with Gasteiger partial charge in [-0.3, -0.25) is 9.59 Å². The van der Waals surface area contributed by atoms with Crippen LogP contribution in [0, 0.1) is 5.92 Å². The molecule has 0 atom stereocenters. The third-order valence-corrected chi connectivity index (χ3v) is 5.60. The number of piperidine rings is 1. The SMILES string of the molecule is CCOC(=O)CN1CN(c2ccccc2)C2(CCN(C(=O)OCC(C)C)CC2)C1=O. The number of hydrogen-bond acceptors (Lipinski definition) is 6. The maximum Gasteiger partial charge on any atom is 0.409 e. The van der Waals surface area contributed by atoms with Gasteiger partial charge in [0.15, 0.2) is 0 Å². The van der Waals surface area contributed by atoms with E-state index in [4.69, 9.17) is 9.47 Å². The first kappa shape index (κ1) is 21.9. The van der Waals surface area contributed by atoms with E-state index in [-0.39, 0.29) is 31.1 Å². The summed E-state index contributed by atoms with van der Waals surface area (Å²) in [7, 11) is 0. The average molecular weight is 418 g/mol. The van der Waals surface area contributed by atoms with Crippen LogP contribution in [0.5, 0.6) is 0 Å². The predicted octanol–water partition coefficient (Wildman–Crippen LogP) is 2.48. The molecule has 8 heteroatoms. The monoisotopic (exact) mass is 417 g/mol. The molecule has 0 radical (unpaired) electrons. The van der Waals surface area contributed by atoms with E-state index in [2.05, 4.69) is 4.90 Å². The van der Waals surface area contributed by atoms with Gasteiger partial charge >= 0.3 is 12.1 Å². The van der Waals surface area contributed by atoms with Crippen LogP contribution in [-0.4, -0.2) is 72.8 Å². The highest BCUT2D eigenvalue weighted by molar-refractivity contribution is 5.95. The first-order valence-electron chi connectivity index (χ1n) is 10.6. The fourth-order valence-corrected chi connectivity index (χ4v) is 4.07. The summed E-state index contributed by atoms with van der Waals surface area (Å²) in [6.07, 6.45) is 0.631. The van der Waals surface area contributed by atoms with Gasteiger partial charge < -0.3 is 24.2 Å². The van der Waals surface area contributed by atoms with E-state index in [9.17, 15) is 14.4 Å². The van der Waals surface area contributed by atoms with Gasteiger partial charge in [0.1, 0.15) is 12.1 Å².